The lowest BCUT2D eigenvalue weighted by molar-refractivity contribution is 0.226. The lowest BCUT2D eigenvalue weighted by Gasteiger charge is -2.06. The van der Waals surface area contributed by atoms with Gasteiger partial charge >= 0.3 is 0 Å². The van der Waals surface area contributed by atoms with Crippen molar-refractivity contribution in [1.82, 2.24) is 0 Å². The molecule has 0 radical (unpaired) electrons. The van der Waals surface area contributed by atoms with Crippen LogP contribution in [0.15, 0.2) is 47.2 Å². The van der Waals surface area contributed by atoms with E-state index in [0.717, 1.165) is 15.8 Å². The smallest absolute Gasteiger partial charge is 0.115 e. The Hall–Kier alpha value is -1.16. The van der Waals surface area contributed by atoms with Crippen LogP contribution in [-0.4, -0.2) is 5.11 Å². The van der Waals surface area contributed by atoms with E-state index in [1.54, 1.807) is 22.7 Å². The largest absolute Gasteiger partial charge is 0.383 e. The third-order valence-corrected chi connectivity index (χ3v) is 4.52. The topological polar surface area (TPSA) is 20.2 Å². The molecule has 1 nitrogen and oxygen atoms in total. The third-order valence-electron chi connectivity index (χ3n) is 2.62. The van der Waals surface area contributed by atoms with E-state index in [2.05, 4.69) is 17.5 Å². The summed E-state index contributed by atoms with van der Waals surface area (Å²) in [5.74, 6) is 0. The van der Waals surface area contributed by atoms with Gasteiger partial charge in [-0.05, 0) is 28.3 Å². The van der Waals surface area contributed by atoms with E-state index in [0.29, 0.717) is 0 Å². The standard InChI is InChI=1S/C13H10OS2/c14-13(12-6-3-7-15-12)10-8-16-11-5-2-1-4-9(10)11/h1-8,13-14H. The zero-order valence-corrected chi connectivity index (χ0v) is 10.1. The molecule has 1 N–H and O–H groups in total. The van der Waals surface area contributed by atoms with Crippen molar-refractivity contribution in [2.45, 2.75) is 6.10 Å². The van der Waals surface area contributed by atoms with Crippen LogP contribution in [0.1, 0.15) is 16.5 Å². The van der Waals surface area contributed by atoms with E-state index in [4.69, 9.17) is 0 Å². The van der Waals surface area contributed by atoms with E-state index >= 15 is 0 Å². The maximum atomic E-state index is 10.3. The van der Waals surface area contributed by atoms with Gasteiger partial charge < -0.3 is 5.11 Å². The Bertz CT molecular complexity index is 595. The van der Waals surface area contributed by atoms with Crippen LogP contribution in [0, 0.1) is 0 Å². The average molecular weight is 246 g/mol. The number of fused-ring (bicyclic) bond motifs is 1. The van der Waals surface area contributed by atoms with Crippen LogP contribution in [0.5, 0.6) is 0 Å². The first-order chi connectivity index (χ1) is 7.86. The van der Waals surface area contributed by atoms with Crippen molar-refractivity contribution in [2.75, 3.05) is 0 Å². The van der Waals surface area contributed by atoms with Crippen LogP contribution in [0.25, 0.3) is 10.1 Å². The molecule has 2 heterocycles. The highest BCUT2D eigenvalue weighted by atomic mass is 32.1. The van der Waals surface area contributed by atoms with Crippen molar-refractivity contribution in [3.63, 3.8) is 0 Å². The predicted molar refractivity (Wildman–Crippen MR) is 70.2 cm³/mol. The van der Waals surface area contributed by atoms with Gasteiger partial charge in [-0.3, -0.25) is 0 Å². The zero-order chi connectivity index (χ0) is 11.0. The van der Waals surface area contributed by atoms with Crippen LogP contribution in [0.3, 0.4) is 0 Å². The molecule has 0 fully saturated rings. The minimum atomic E-state index is -0.490. The van der Waals surface area contributed by atoms with Gasteiger partial charge in [0.15, 0.2) is 0 Å². The van der Waals surface area contributed by atoms with Gasteiger partial charge in [0.05, 0.1) is 0 Å². The van der Waals surface area contributed by atoms with Gasteiger partial charge in [-0.25, -0.2) is 0 Å². The molecule has 1 unspecified atom stereocenters. The molecule has 0 aliphatic carbocycles. The molecular weight excluding hydrogens is 236 g/mol. The fraction of sp³-hybridized carbons (Fsp3) is 0.0769. The molecule has 0 aliphatic heterocycles. The molecule has 1 atom stereocenters. The summed E-state index contributed by atoms with van der Waals surface area (Å²) in [7, 11) is 0. The van der Waals surface area contributed by atoms with Crippen molar-refractivity contribution >= 4 is 32.8 Å². The van der Waals surface area contributed by atoms with Crippen LogP contribution < -0.4 is 0 Å². The van der Waals surface area contributed by atoms with Crippen LogP contribution >= 0.6 is 22.7 Å². The summed E-state index contributed by atoms with van der Waals surface area (Å²) in [6.07, 6.45) is -0.490. The summed E-state index contributed by atoms with van der Waals surface area (Å²) < 4.78 is 1.23. The monoisotopic (exact) mass is 246 g/mol. The highest BCUT2D eigenvalue weighted by Gasteiger charge is 2.15. The van der Waals surface area contributed by atoms with Crippen molar-refractivity contribution < 1.29 is 5.11 Å². The first-order valence-electron chi connectivity index (χ1n) is 5.04. The molecule has 0 saturated carbocycles. The molecular formula is C13H10OS2. The molecule has 3 rings (SSSR count). The molecule has 3 aromatic rings. The first kappa shape index (κ1) is 10.0. The molecule has 80 valence electrons. The Morgan fingerprint density at radius 3 is 2.69 bits per heavy atom. The van der Waals surface area contributed by atoms with E-state index in [1.165, 1.54) is 4.70 Å². The van der Waals surface area contributed by atoms with Crippen molar-refractivity contribution in [2.24, 2.45) is 0 Å². The second-order valence-electron chi connectivity index (χ2n) is 3.61. The molecule has 16 heavy (non-hydrogen) atoms. The van der Waals surface area contributed by atoms with Crippen molar-refractivity contribution in [3.8, 4) is 0 Å². The third kappa shape index (κ3) is 1.57. The summed E-state index contributed by atoms with van der Waals surface area (Å²) in [5, 5.41) is 15.5. The normalized spacial score (nSPS) is 13.1. The minimum Gasteiger partial charge on any atom is -0.383 e. The molecule has 2 aromatic heterocycles. The number of aliphatic hydroxyl groups excluding tert-OH is 1. The quantitative estimate of drug-likeness (QED) is 0.723. The van der Waals surface area contributed by atoms with Crippen LogP contribution in [-0.2, 0) is 0 Å². The lowest BCUT2D eigenvalue weighted by Crippen LogP contribution is -1.94. The van der Waals surface area contributed by atoms with Gasteiger partial charge in [-0.15, -0.1) is 22.7 Å². The van der Waals surface area contributed by atoms with Gasteiger partial charge in [0.1, 0.15) is 6.10 Å². The Labute approximate surface area is 102 Å². The van der Waals surface area contributed by atoms with Crippen molar-refractivity contribution in [3.05, 3.63) is 57.6 Å². The number of hydrogen-bond donors (Lipinski definition) is 1. The first-order valence-corrected chi connectivity index (χ1v) is 6.80. The summed E-state index contributed by atoms with van der Waals surface area (Å²) in [6.45, 7) is 0. The second kappa shape index (κ2) is 4.01. The Morgan fingerprint density at radius 2 is 1.88 bits per heavy atom. The Kier molecular flexibility index (Phi) is 2.52. The second-order valence-corrected chi connectivity index (χ2v) is 5.50. The maximum absolute atomic E-state index is 10.3. The molecule has 0 saturated heterocycles. The van der Waals surface area contributed by atoms with Crippen LogP contribution in [0.2, 0.25) is 0 Å². The highest BCUT2D eigenvalue weighted by molar-refractivity contribution is 7.17. The fourth-order valence-electron chi connectivity index (χ4n) is 1.81. The van der Waals surface area contributed by atoms with Gasteiger partial charge in [-0.2, -0.15) is 0 Å². The predicted octanol–water partition coefficient (Wildman–Crippen LogP) is 4.04. The van der Waals surface area contributed by atoms with Gasteiger partial charge in [0, 0.05) is 15.1 Å². The van der Waals surface area contributed by atoms with Gasteiger partial charge in [-0.1, -0.05) is 24.3 Å². The molecule has 0 spiro atoms. The van der Waals surface area contributed by atoms with Crippen molar-refractivity contribution in [1.29, 1.82) is 0 Å². The SMILES string of the molecule is OC(c1cccs1)c1csc2ccccc12. The maximum Gasteiger partial charge on any atom is 0.115 e. The molecule has 0 bridgehead atoms. The molecule has 0 aliphatic rings. The molecule has 1 aromatic carbocycles. The lowest BCUT2D eigenvalue weighted by atomic mass is 10.1. The Morgan fingerprint density at radius 1 is 1.00 bits per heavy atom. The van der Waals surface area contributed by atoms with E-state index in [-0.39, 0.29) is 0 Å². The molecule has 0 amide bonds. The number of hydrogen-bond acceptors (Lipinski definition) is 3. The summed E-state index contributed by atoms with van der Waals surface area (Å²) >= 11 is 3.28. The summed E-state index contributed by atoms with van der Waals surface area (Å²) in [4.78, 5) is 1.00. The number of aliphatic hydroxyl groups is 1. The minimum absolute atomic E-state index is 0.490. The van der Waals surface area contributed by atoms with E-state index in [9.17, 15) is 5.11 Å². The summed E-state index contributed by atoms with van der Waals surface area (Å²) in [6, 6.07) is 12.1. The number of thiophene rings is 2. The van der Waals surface area contributed by atoms with Crippen LogP contribution in [0.4, 0.5) is 0 Å². The van der Waals surface area contributed by atoms with E-state index < -0.39 is 6.10 Å². The number of benzene rings is 1. The zero-order valence-electron chi connectivity index (χ0n) is 8.46. The number of rotatable bonds is 2. The average Bonchev–Trinajstić information content (AvgIpc) is 2.98. The summed E-state index contributed by atoms with van der Waals surface area (Å²) in [5.41, 5.74) is 1.02. The molecule has 3 heteroatoms. The Balaban J connectivity index is 2.12. The fourth-order valence-corrected chi connectivity index (χ4v) is 3.52. The van der Waals surface area contributed by atoms with Gasteiger partial charge in [0.25, 0.3) is 0 Å². The highest BCUT2D eigenvalue weighted by Crippen LogP contribution is 2.34. The van der Waals surface area contributed by atoms with Gasteiger partial charge in [0.2, 0.25) is 0 Å². The van der Waals surface area contributed by atoms with E-state index in [1.807, 2.05) is 29.6 Å².